The molecule has 2 fully saturated rings. The highest BCUT2D eigenvalue weighted by Gasteiger charge is 2.28. The van der Waals surface area contributed by atoms with Crippen LogP contribution in [0.1, 0.15) is 48.0 Å². The monoisotopic (exact) mass is 441 g/mol. The Morgan fingerprint density at radius 3 is 2.23 bits per heavy atom. The fourth-order valence-corrected chi connectivity index (χ4v) is 5.96. The lowest BCUT2D eigenvalue weighted by Gasteiger charge is -2.29. The molecular weight excluding hydrogens is 410 g/mol. The van der Waals surface area contributed by atoms with Crippen molar-refractivity contribution in [1.82, 2.24) is 9.21 Å². The molecule has 0 spiro atoms. The van der Waals surface area contributed by atoms with Crippen molar-refractivity contribution < 1.29 is 13.2 Å². The molecule has 2 aromatic carbocycles. The molecule has 0 aliphatic carbocycles. The van der Waals surface area contributed by atoms with Gasteiger partial charge >= 0.3 is 0 Å². The Bertz CT molecular complexity index is 1010. The van der Waals surface area contributed by atoms with Gasteiger partial charge in [0.1, 0.15) is 0 Å². The maximum absolute atomic E-state index is 13.0. The summed E-state index contributed by atoms with van der Waals surface area (Å²) in [6.45, 7) is 3.78. The van der Waals surface area contributed by atoms with Gasteiger partial charge in [-0.1, -0.05) is 18.2 Å². The van der Waals surface area contributed by atoms with Gasteiger partial charge in [0, 0.05) is 51.0 Å². The van der Waals surface area contributed by atoms with E-state index in [1.54, 1.807) is 30.1 Å². The van der Waals surface area contributed by atoms with Crippen molar-refractivity contribution in [2.24, 2.45) is 0 Å². The van der Waals surface area contributed by atoms with Crippen molar-refractivity contribution in [3.05, 3.63) is 59.7 Å². The summed E-state index contributed by atoms with van der Waals surface area (Å²) in [7, 11) is -1.78. The van der Waals surface area contributed by atoms with Crippen molar-refractivity contribution in [3.8, 4) is 0 Å². The minimum atomic E-state index is -3.54. The van der Waals surface area contributed by atoms with Crippen LogP contribution in [0.5, 0.6) is 0 Å². The van der Waals surface area contributed by atoms with Crippen molar-refractivity contribution in [1.29, 1.82) is 0 Å². The van der Waals surface area contributed by atoms with Crippen LogP contribution in [0.15, 0.2) is 53.4 Å². The van der Waals surface area contributed by atoms with E-state index in [2.05, 4.69) is 29.2 Å². The third-order valence-electron chi connectivity index (χ3n) is 6.21. The molecule has 0 N–H and O–H groups in total. The molecule has 2 heterocycles. The van der Waals surface area contributed by atoms with Crippen molar-refractivity contribution >= 4 is 21.6 Å². The molecule has 6 nitrogen and oxygen atoms in total. The van der Waals surface area contributed by atoms with E-state index in [9.17, 15) is 13.2 Å². The minimum Gasteiger partial charge on any atom is -0.372 e. The lowest BCUT2D eigenvalue weighted by molar-refractivity contribution is 0.0785. The van der Waals surface area contributed by atoms with Gasteiger partial charge < -0.3 is 9.80 Å². The summed E-state index contributed by atoms with van der Waals surface area (Å²) in [5.41, 5.74) is 2.68. The van der Waals surface area contributed by atoms with E-state index in [0.717, 1.165) is 31.5 Å². The van der Waals surface area contributed by atoms with Gasteiger partial charge in [-0.05, 0) is 68.0 Å². The maximum Gasteiger partial charge on any atom is 0.253 e. The average molecular weight is 442 g/mol. The van der Waals surface area contributed by atoms with Crippen LogP contribution in [-0.2, 0) is 16.6 Å². The number of piperidine rings is 1. The van der Waals surface area contributed by atoms with E-state index in [1.165, 1.54) is 35.3 Å². The Morgan fingerprint density at radius 2 is 1.55 bits per heavy atom. The first-order valence-electron chi connectivity index (χ1n) is 11.1. The van der Waals surface area contributed by atoms with Gasteiger partial charge in [0.05, 0.1) is 4.90 Å². The molecule has 2 saturated heterocycles. The van der Waals surface area contributed by atoms with E-state index in [0.29, 0.717) is 25.2 Å². The molecule has 166 valence electrons. The summed E-state index contributed by atoms with van der Waals surface area (Å²) in [4.78, 5) is 17.2. The number of rotatable bonds is 6. The first-order valence-corrected chi connectivity index (χ1v) is 12.6. The van der Waals surface area contributed by atoms with Crippen LogP contribution in [0.3, 0.4) is 0 Å². The summed E-state index contributed by atoms with van der Waals surface area (Å²) in [6, 6.07) is 14.8. The van der Waals surface area contributed by atoms with Crippen LogP contribution in [0.4, 0.5) is 5.69 Å². The van der Waals surface area contributed by atoms with E-state index in [4.69, 9.17) is 0 Å². The highest BCUT2D eigenvalue weighted by molar-refractivity contribution is 7.89. The van der Waals surface area contributed by atoms with Crippen LogP contribution in [0.2, 0.25) is 0 Å². The quantitative estimate of drug-likeness (QED) is 0.685. The van der Waals surface area contributed by atoms with Crippen LogP contribution in [-0.4, -0.2) is 56.8 Å². The lowest BCUT2D eigenvalue weighted by atomic mass is 10.1. The van der Waals surface area contributed by atoms with Gasteiger partial charge in [-0.25, -0.2) is 8.42 Å². The number of hydrogen-bond donors (Lipinski definition) is 0. The Hall–Kier alpha value is -2.38. The highest BCUT2D eigenvalue weighted by Crippen LogP contribution is 2.23. The number of benzene rings is 2. The summed E-state index contributed by atoms with van der Waals surface area (Å²) < 4.78 is 27.2. The fourth-order valence-electron chi connectivity index (χ4n) is 4.40. The van der Waals surface area contributed by atoms with Gasteiger partial charge in [-0.3, -0.25) is 4.79 Å². The third kappa shape index (κ3) is 4.93. The summed E-state index contributed by atoms with van der Waals surface area (Å²) >= 11 is 0. The lowest BCUT2D eigenvalue weighted by Crippen LogP contribution is -2.29. The summed E-state index contributed by atoms with van der Waals surface area (Å²) in [5.74, 6) is -0.182. The Morgan fingerprint density at radius 1 is 0.903 bits per heavy atom. The topological polar surface area (TPSA) is 60.9 Å². The molecule has 4 rings (SSSR count). The number of carbonyl (C=O) groups excluding carboxylic acids is 1. The molecule has 2 aliphatic rings. The van der Waals surface area contributed by atoms with Crippen molar-refractivity contribution in [2.45, 2.75) is 43.5 Å². The molecule has 7 heteroatoms. The molecule has 2 aliphatic heterocycles. The minimum absolute atomic E-state index is 0.182. The smallest absolute Gasteiger partial charge is 0.253 e. The zero-order valence-electron chi connectivity index (χ0n) is 18.2. The molecule has 0 atom stereocenters. The average Bonchev–Trinajstić information content (AvgIpc) is 3.36. The molecule has 2 aromatic rings. The van der Waals surface area contributed by atoms with E-state index in [-0.39, 0.29) is 10.8 Å². The zero-order valence-corrected chi connectivity index (χ0v) is 19.0. The molecule has 0 saturated carbocycles. The predicted molar refractivity (Wildman–Crippen MR) is 123 cm³/mol. The van der Waals surface area contributed by atoms with Crippen LogP contribution >= 0.6 is 0 Å². The Balaban J connectivity index is 1.43. The highest BCUT2D eigenvalue weighted by atomic mass is 32.2. The molecular formula is C24H31N3O3S. The standard InChI is InChI=1S/C24H31N3O3S/c1-25(19-20-10-12-22(13-11-20)26-14-3-2-4-15-26)24(28)21-8-7-9-23(18-21)31(29,30)27-16-5-6-17-27/h7-13,18H,2-6,14-17,19H2,1H3. The van der Waals surface area contributed by atoms with Gasteiger partial charge in [-0.15, -0.1) is 0 Å². The van der Waals surface area contributed by atoms with E-state index in [1.807, 2.05) is 0 Å². The number of nitrogens with zero attached hydrogens (tertiary/aromatic N) is 3. The van der Waals surface area contributed by atoms with Crippen molar-refractivity contribution in [2.75, 3.05) is 38.1 Å². The first-order chi connectivity index (χ1) is 14.9. The maximum atomic E-state index is 13.0. The second-order valence-electron chi connectivity index (χ2n) is 8.51. The number of anilines is 1. The molecule has 0 radical (unpaired) electrons. The number of amides is 1. The molecule has 0 unspecified atom stereocenters. The second-order valence-corrected chi connectivity index (χ2v) is 10.5. The molecule has 0 bridgehead atoms. The Kier molecular flexibility index (Phi) is 6.62. The number of hydrogen-bond acceptors (Lipinski definition) is 4. The van der Waals surface area contributed by atoms with E-state index >= 15 is 0 Å². The largest absolute Gasteiger partial charge is 0.372 e. The summed E-state index contributed by atoms with van der Waals surface area (Å²) in [6.07, 6.45) is 5.56. The van der Waals surface area contributed by atoms with Crippen LogP contribution in [0, 0.1) is 0 Å². The second kappa shape index (κ2) is 9.40. The van der Waals surface area contributed by atoms with Gasteiger partial charge in [0.25, 0.3) is 5.91 Å². The number of sulfonamides is 1. The molecule has 31 heavy (non-hydrogen) atoms. The summed E-state index contributed by atoms with van der Waals surface area (Å²) in [5, 5.41) is 0. The van der Waals surface area contributed by atoms with Gasteiger partial charge in [0.15, 0.2) is 0 Å². The zero-order chi connectivity index (χ0) is 21.8. The van der Waals surface area contributed by atoms with Gasteiger partial charge in [0.2, 0.25) is 10.0 Å². The fraction of sp³-hybridized carbons (Fsp3) is 0.458. The molecule has 0 aromatic heterocycles. The van der Waals surface area contributed by atoms with Crippen LogP contribution in [0.25, 0.3) is 0 Å². The normalized spacial score (nSPS) is 17.6. The van der Waals surface area contributed by atoms with Crippen LogP contribution < -0.4 is 4.90 Å². The number of carbonyl (C=O) groups is 1. The first kappa shape index (κ1) is 21.8. The Labute approximate surface area is 185 Å². The van der Waals surface area contributed by atoms with Gasteiger partial charge in [-0.2, -0.15) is 4.31 Å². The SMILES string of the molecule is CN(Cc1ccc(N2CCCCC2)cc1)C(=O)c1cccc(S(=O)(=O)N2CCCC2)c1. The predicted octanol–water partition coefficient (Wildman–Crippen LogP) is 3.73. The third-order valence-corrected chi connectivity index (χ3v) is 8.10. The molecule has 1 amide bonds. The van der Waals surface area contributed by atoms with Crippen molar-refractivity contribution in [3.63, 3.8) is 0 Å². The van der Waals surface area contributed by atoms with E-state index < -0.39 is 10.0 Å².